The van der Waals surface area contributed by atoms with E-state index in [1.165, 1.54) is 18.0 Å². The number of carbonyl (C=O) groups is 2. The van der Waals surface area contributed by atoms with Crippen molar-refractivity contribution < 1.29 is 14.7 Å². The summed E-state index contributed by atoms with van der Waals surface area (Å²) in [4.78, 5) is 40.3. The number of rotatable bonds is 7. The molecule has 1 unspecified atom stereocenters. The van der Waals surface area contributed by atoms with Crippen LogP contribution in [0, 0.1) is 5.92 Å². The molecule has 0 bridgehead atoms. The standard InChI is InChI=1S/C20H24N2O4/c1-13(2)9-16-11-15(12-18(23)21-16)19(24)22(3)17(20(25)26)10-14-7-5-4-6-8-14/h4-8,11-13,17H,9-10H2,1-3H3,(H,21,23)(H,25,26). The van der Waals surface area contributed by atoms with Crippen LogP contribution in [0.1, 0.15) is 35.5 Å². The second-order valence-corrected chi connectivity index (χ2v) is 6.82. The molecule has 138 valence electrons. The number of pyridine rings is 1. The van der Waals surface area contributed by atoms with Crippen molar-refractivity contribution in [3.63, 3.8) is 0 Å². The number of carbonyl (C=O) groups excluding carboxylic acids is 1. The largest absolute Gasteiger partial charge is 0.480 e. The Labute approximate surface area is 152 Å². The van der Waals surface area contributed by atoms with Crippen LogP contribution in [0.4, 0.5) is 0 Å². The van der Waals surface area contributed by atoms with E-state index in [-0.39, 0.29) is 17.5 Å². The van der Waals surface area contributed by atoms with Gasteiger partial charge in [-0.15, -0.1) is 0 Å². The Hall–Kier alpha value is -2.89. The minimum Gasteiger partial charge on any atom is -0.480 e. The van der Waals surface area contributed by atoms with E-state index < -0.39 is 17.9 Å². The van der Waals surface area contributed by atoms with Crippen molar-refractivity contribution in [2.45, 2.75) is 32.7 Å². The number of aromatic nitrogens is 1. The number of aromatic amines is 1. The molecule has 1 aromatic heterocycles. The summed E-state index contributed by atoms with van der Waals surface area (Å²) < 4.78 is 0. The second-order valence-electron chi connectivity index (χ2n) is 6.82. The number of hydrogen-bond donors (Lipinski definition) is 2. The van der Waals surface area contributed by atoms with Crippen LogP contribution in [0.5, 0.6) is 0 Å². The van der Waals surface area contributed by atoms with E-state index in [1.807, 2.05) is 44.2 Å². The maximum Gasteiger partial charge on any atom is 0.326 e. The van der Waals surface area contributed by atoms with Gasteiger partial charge >= 0.3 is 5.97 Å². The van der Waals surface area contributed by atoms with E-state index in [9.17, 15) is 19.5 Å². The number of aliphatic carboxylic acids is 1. The Balaban J connectivity index is 2.27. The molecule has 0 fully saturated rings. The monoisotopic (exact) mass is 356 g/mol. The first-order valence-electron chi connectivity index (χ1n) is 8.55. The van der Waals surface area contributed by atoms with Crippen LogP contribution in [0.15, 0.2) is 47.3 Å². The number of H-pyrrole nitrogens is 1. The SMILES string of the molecule is CC(C)Cc1cc(C(=O)N(C)C(Cc2ccccc2)C(=O)O)cc(=O)[nH]1. The lowest BCUT2D eigenvalue weighted by Gasteiger charge is -2.25. The smallest absolute Gasteiger partial charge is 0.326 e. The first-order valence-corrected chi connectivity index (χ1v) is 8.55. The Morgan fingerprint density at radius 3 is 2.35 bits per heavy atom. The molecule has 0 aliphatic heterocycles. The number of benzene rings is 1. The Morgan fingerprint density at radius 2 is 1.77 bits per heavy atom. The molecular formula is C20H24N2O4. The molecule has 0 saturated carbocycles. The van der Waals surface area contributed by atoms with Gasteiger partial charge in [-0.05, 0) is 24.0 Å². The van der Waals surface area contributed by atoms with Crippen LogP contribution in [-0.2, 0) is 17.6 Å². The highest BCUT2D eigenvalue weighted by Crippen LogP contribution is 2.13. The molecule has 6 heteroatoms. The summed E-state index contributed by atoms with van der Waals surface area (Å²) in [5, 5.41) is 9.57. The maximum atomic E-state index is 12.8. The second kappa shape index (κ2) is 8.47. The minimum atomic E-state index is -1.09. The predicted molar refractivity (Wildman–Crippen MR) is 99.3 cm³/mol. The van der Waals surface area contributed by atoms with Gasteiger partial charge in [0, 0.05) is 30.8 Å². The van der Waals surface area contributed by atoms with Crippen molar-refractivity contribution in [1.29, 1.82) is 0 Å². The maximum absolute atomic E-state index is 12.8. The molecule has 0 aliphatic rings. The first-order chi connectivity index (χ1) is 12.3. The van der Waals surface area contributed by atoms with Crippen molar-refractivity contribution in [2.24, 2.45) is 5.92 Å². The summed E-state index contributed by atoms with van der Waals surface area (Å²) in [5.41, 5.74) is 1.33. The lowest BCUT2D eigenvalue weighted by atomic mass is 10.0. The van der Waals surface area contributed by atoms with Crippen LogP contribution >= 0.6 is 0 Å². The van der Waals surface area contributed by atoms with Gasteiger partial charge < -0.3 is 15.0 Å². The predicted octanol–water partition coefficient (Wildman–Crippen LogP) is 2.34. The third kappa shape index (κ3) is 5.05. The van der Waals surface area contributed by atoms with Crippen molar-refractivity contribution in [3.8, 4) is 0 Å². The highest BCUT2D eigenvalue weighted by Gasteiger charge is 2.28. The molecule has 0 saturated heterocycles. The van der Waals surface area contributed by atoms with E-state index in [2.05, 4.69) is 4.98 Å². The van der Waals surface area contributed by atoms with Crippen LogP contribution < -0.4 is 5.56 Å². The van der Waals surface area contributed by atoms with Gasteiger partial charge in [-0.25, -0.2) is 4.79 Å². The lowest BCUT2D eigenvalue weighted by Crippen LogP contribution is -2.44. The van der Waals surface area contributed by atoms with Crippen molar-refractivity contribution in [2.75, 3.05) is 7.05 Å². The number of amides is 1. The molecule has 0 spiro atoms. The molecule has 2 aromatic rings. The zero-order valence-electron chi connectivity index (χ0n) is 15.2. The zero-order chi connectivity index (χ0) is 19.3. The summed E-state index contributed by atoms with van der Waals surface area (Å²) in [7, 11) is 1.45. The van der Waals surface area contributed by atoms with E-state index in [4.69, 9.17) is 0 Å². The lowest BCUT2D eigenvalue weighted by molar-refractivity contribution is -0.141. The van der Waals surface area contributed by atoms with Gasteiger partial charge in [-0.1, -0.05) is 44.2 Å². The average molecular weight is 356 g/mol. The van der Waals surface area contributed by atoms with Crippen molar-refractivity contribution >= 4 is 11.9 Å². The highest BCUT2D eigenvalue weighted by atomic mass is 16.4. The molecule has 1 atom stereocenters. The fourth-order valence-corrected chi connectivity index (χ4v) is 2.85. The highest BCUT2D eigenvalue weighted by molar-refractivity contribution is 5.96. The Morgan fingerprint density at radius 1 is 1.12 bits per heavy atom. The van der Waals surface area contributed by atoms with Crippen molar-refractivity contribution in [3.05, 3.63) is 69.6 Å². The zero-order valence-corrected chi connectivity index (χ0v) is 15.2. The summed E-state index contributed by atoms with van der Waals surface area (Å²) >= 11 is 0. The van der Waals surface area contributed by atoms with E-state index in [0.717, 1.165) is 5.56 Å². The fourth-order valence-electron chi connectivity index (χ4n) is 2.85. The Bertz CT molecular complexity index is 827. The van der Waals surface area contributed by atoms with Crippen LogP contribution in [0.2, 0.25) is 0 Å². The molecule has 2 N–H and O–H groups in total. The molecule has 26 heavy (non-hydrogen) atoms. The van der Waals surface area contributed by atoms with Crippen molar-refractivity contribution in [1.82, 2.24) is 9.88 Å². The summed E-state index contributed by atoms with van der Waals surface area (Å²) in [6, 6.07) is 11.0. The normalized spacial score (nSPS) is 12.0. The van der Waals surface area contributed by atoms with Gasteiger partial charge in [-0.2, -0.15) is 0 Å². The molecule has 1 amide bonds. The van der Waals surface area contributed by atoms with Gasteiger partial charge in [-0.3, -0.25) is 9.59 Å². The molecular weight excluding hydrogens is 332 g/mol. The third-order valence-electron chi connectivity index (χ3n) is 4.12. The quantitative estimate of drug-likeness (QED) is 0.797. The number of hydrogen-bond acceptors (Lipinski definition) is 3. The molecule has 0 radical (unpaired) electrons. The number of carboxylic acid groups (broad SMARTS) is 1. The van der Waals surface area contributed by atoms with Crippen LogP contribution in [0.3, 0.4) is 0 Å². The third-order valence-corrected chi connectivity index (χ3v) is 4.12. The number of carboxylic acids is 1. The first kappa shape index (κ1) is 19.4. The minimum absolute atomic E-state index is 0.195. The van der Waals surface area contributed by atoms with Gasteiger partial charge in [0.25, 0.3) is 5.91 Å². The summed E-state index contributed by atoms with van der Waals surface area (Å²) in [5.74, 6) is -1.25. The summed E-state index contributed by atoms with van der Waals surface area (Å²) in [6.07, 6.45) is 0.826. The number of nitrogens with one attached hydrogen (secondary N) is 1. The van der Waals surface area contributed by atoms with Gasteiger partial charge in [0.1, 0.15) is 6.04 Å². The van der Waals surface area contributed by atoms with E-state index >= 15 is 0 Å². The molecule has 1 aromatic carbocycles. The van der Waals surface area contributed by atoms with Gasteiger partial charge in [0.2, 0.25) is 5.56 Å². The number of likely N-dealkylation sites (N-methyl/N-ethyl adjacent to an activating group) is 1. The topological polar surface area (TPSA) is 90.5 Å². The van der Waals surface area contributed by atoms with Gasteiger partial charge in [0.05, 0.1) is 0 Å². The fraction of sp³-hybridized carbons (Fsp3) is 0.350. The molecule has 2 rings (SSSR count). The van der Waals surface area contributed by atoms with E-state index in [1.54, 1.807) is 6.07 Å². The van der Waals surface area contributed by atoms with E-state index in [0.29, 0.717) is 18.0 Å². The summed E-state index contributed by atoms with van der Waals surface area (Å²) in [6.45, 7) is 4.03. The van der Waals surface area contributed by atoms with Crippen LogP contribution in [-0.4, -0.2) is 40.0 Å². The molecule has 1 heterocycles. The number of nitrogens with zero attached hydrogens (tertiary/aromatic N) is 1. The van der Waals surface area contributed by atoms with Gasteiger partial charge in [0.15, 0.2) is 0 Å². The molecule has 0 aliphatic carbocycles. The Kier molecular flexibility index (Phi) is 6.33. The molecule has 6 nitrogen and oxygen atoms in total. The average Bonchev–Trinajstić information content (AvgIpc) is 2.58. The van der Waals surface area contributed by atoms with Crippen LogP contribution in [0.25, 0.3) is 0 Å².